The van der Waals surface area contributed by atoms with Crippen LogP contribution in [0.1, 0.15) is 51.8 Å². The van der Waals surface area contributed by atoms with Crippen LogP contribution in [0.2, 0.25) is 0 Å². The Labute approximate surface area is 254 Å². The number of hydrogen-bond acceptors (Lipinski definition) is 7. The van der Waals surface area contributed by atoms with Gasteiger partial charge in [-0.2, -0.15) is 0 Å². The number of carbonyl (C=O) groups excluding carboxylic acids is 3. The van der Waals surface area contributed by atoms with Gasteiger partial charge in [0.1, 0.15) is 18.1 Å². The lowest BCUT2D eigenvalue weighted by Crippen LogP contribution is -2.14. The third-order valence-corrected chi connectivity index (χ3v) is 7.89. The van der Waals surface area contributed by atoms with Crippen LogP contribution in [0.4, 0.5) is 0 Å². The fourth-order valence-corrected chi connectivity index (χ4v) is 5.98. The van der Waals surface area contributed by atoms with Gasteiger partial charge in [0.15, 0.2) is 12.2 Å². The molecule has 2 atom stereocenters. The predicted octanol–water partition coefficient (Wildman–Crippen LogP) is 7.65. The first-order chi connectivity index (χ1) is 21.1. The van der Waals surface area contributed by atoms with Crippen LogP contribution < -0.4 is 4.74 Å². The van der Waals surface area contributed by atoms with Gasteiger partial charge in [0.05, 0.1) is 0 Å². The molecule has 0 amide bonds. The minimum Gasteiger partial charge on any atom is -0.489 e. The summed E-state index contributed by atoms with van der Waals surface area (Å²) >= 11 is 1.57. The molecule has 4 aromatic carbocycles. The highest BCUT2D eigenvalue weighted by atomic mass is 32.1. The predicted molar refractivity (Wildman–Crippen MR) is 166 cm³/mol. The monoisotopic (exact) mass is 590 g/mol. The molecule has 7 heteroatoms. The first kappa shape index (κ1) is 29.5. The van der Waals surface area contributed by atoms with E-state index in [1.54, 1.807) is 18.3 Å². The Morgan fingerprint density at radius 1 is 0.721 bits per heavy atom. The number of Topliss-reactive ketones (excluding diaryl/α,β-unsaturated/α-hetero) is 1. The molecule has 0 aliphatic heterocycles. The normalized spacial score (nSPS) is 12.1. The molecule has 2 unspecified atom stereocenters. The molecule has 216 valence electrons. The van der Waals surface area contributed by atoms with Gasteiger partial charge >= 0.3 is 0 Å². The van der Waals surface area contributed by atoms with Crippen molar-refractivity contribution in [1.29, 1.82) is 0 Å². The van der Waals surface area contributed by atoms with Gasteiger partial charge in [0.2, 0.25) is 0 Å². The Bertz CT molecular complexity index is 1680. The van der Waals surface area contributed by atoms with E-state index in [2.05, 4.69) is 0 Å². The average Bonchev–Trinajstić information content (AvgIpc) is 3.50. The van der Waals surface area contributed by atoms with E-state index in [-0.39, 0.29) is 12.4 Å². The van der Waals surface area contributed by atoms with Crippen molar-refractivity contribution >= 4 is 30.1 Å². The van der Waals surface area contributed by atoms with Crippen molar-refractivity contribution in [3.05, 3.63) is 147 Å². The number of rotatable bonds is 14. The van der Waals surface area contributed by atoms with E-state index in [9.17, 15) is 14.4 Å². The summed E-state index contributed by atoms with van der Waals surface area (Å²) in [6, 6.07) is 34.4. The minimum absolute atomic E-state index is 0.136. The van der Waals surface area contributed by atoms with Crippen LogP contribution in [-0.4, -0.2) is 18.7 Å². The molecule has 0 aliphatic carbocycles. The van der Waals surface area contributed by atoms with E-state index < -0.39 is 12.2 Å². The third kappa shape index (κ3) is 7.45. The molecule has 1 heterocycles. The zero-order valence-corrected chi connectivity index (χ0v) is 24.4. The molecule has 0 spiro atoms. The Hall–Kier alpha value is -5.01. The molecule has 1 aromatic heterocycles. The van der Waals surface area contributed by atoms with E-state index >= 15 is 0 Å². The van der Waals surface area contributed by atoms with Gasteiger partial charge in [-0.05, 0) is 64.4 Å². The van der Waals surface area contributed by atoms with Crippen LogP contribution in [-0.2, 0) is 36.9 Å². The molecule has 0 fully saturated rings. The maximum Gasteiger partial charge on any atom is 0.294 e. The number of ketones is 1. The summed E-state index contributed by atoms with van der Waals surface area (Å²) in [5.41, 5.74) is 5.82. The lowest BCUT2D eigenvalue weighted by molar-refractivity contribution is -0.134. The van der Waals surface area contributed by atoms with E-state index in [1.807, 2.05) is 115 Å². The van der Waals surface area contributed by atoms with Crippen molar-refractivity contribution in [1.82, 2.24) is 0 Å². The van der Waals surface area contributed by atoms with Crippen molar-refractivity contribution in [3.8, 4) is 16.9 Å². The summed E-state index contributed by atoms with van der Waals surface area (Å²) in [5.74, 6) is 0.828. The highest BCUT2D eigenvalue weighted by Gasteiger charge is 2.26. The lowest BCUT2D eigenvalue weighted by atomic mass is 9.89. The maximum absolute atomic E-state index is 11.7. The highest BCUT2D eigenvalue weighted by Crippen LogP contribution is 2.36. The fourth-order valence-electron chi connectivity index (χ4n) is 5.01. The second kappa shape index (κ2) is 14.2. The van der Waals surface area contributed by atoms with Gasteiger partial charge in [-0.25, -0.2) is 0 Å². The third-order valence-electron chi connectivity index (χ3n) is 6.95. The molecule has 0 bridgehead atoms. The van der Waals surface area contributed by atoms with Crippen molar-refractivity contribution in [2.24, 2.45) is 0 Å². The smallest absolute Gasteiger partial charge is 0.294 e. The summed E-state index contributed by atoms with van der Waals surface area (Å²) in [5, 5.41) is 2.05. The van der Waals surface area contributed by atoms with Crippen molar-refractivity contribution in [2.75, 3.05) is 0 Å². The molecule has 0 aliphatic rings. The average molecular weight is 591 g/mol. The first-order valence-corrected chi connectivity index (χ1v) is 14.6. The van der Waals surface area contributed by atoms with Gasteiger partial charge in [0, 0.05) is 22.4 Å². The summed E-state index contributed by atoms with van der Waals surface area (Å²) < 4.78 is 17.4. The zero-order valence-electron chi connectivity index (χ0n) is 23.6. The van der Waals surface area contributed by atoms with Crippen molar-refractivity contribution in [3.63, 3.8) is 0 Å². The van der Waals surface area contributed by atoms with Crippen LogP contribution in [0.5, 0.6) is 5.75 Å². The number of carbonyl (C=O) groups is 3. The number of hydrogen-bond donors (Lipinski definition) is 0. The largest absolute Gasteiger partial charge is 0.489 e. The van der Waals surface area contributed by atoms with Gasteiger partial charge < -0.3 is 14.2 Å². The van der Waals surface area contributed by atoms with Crippen molar-refractivity contribution in [2.45, 2.75) is 32.2 Å². The Balaban J connectivity index is 1.47. The molecular formula is C36H30O6S. The summed E-state index contributed by atoms with van der Waals surface area (Å²) in [4.78, 5) is 35.8. The first-order valence-electron chi connectivity index (χ1n) is 13.8. The van der Waals surface area contributed by atoms with Gasteiger partial charge in [-0.3, -0.25) is 14.4 Å². The Kier molecular flexibility index (Phi) is 9.77. The number of ether oxygens (including phenoxy) is 3. The summed E-state index contributed by atoms with van der Waals surface area (Å²) in [7, 11) is 0. The molecule has 43 heavy (non-hydrogen) atoms. The zero-order chi connectivity index (χ0) is 30.0. The number of benzene rings is 4. The van der Waals surface area contributed by atoms with Crippen LogP contribution in [0.15, 0.2) is 115 Å². The second-order valence-corrected chi connectivity index (χ2v) is 11.0. The van der Waals surface area contributed by atoms with E-state index in [4.69, 9.17) is 14.2 Å². The molecule has 6 nitrogen and oxygen atoms in total. The van der Waals surface area contributed by atoms with Crippen LogP contribution >= 0.6 is 11.3 Å². The van der Waals surface area contributed by atoms with Crippen LogP contribution in [0, 0.1) is 0 Å². The lowest BCUT2D eigenvalue weighted by Gasteiger charge is -2.25. The molecule has 0 saturated carbocycles. The van der Waals surface area contributed by atoms with Crippen LogP contribution in [0.25, 0.3) is 11.1 Å². The molecule has 0 saturated heterocycles. The molecular weight excluding hydrogens is 560 g/mol. The summed E-state index contributed by atoms with van der Waals surface area (Å²) in [6.07, 6.45) is -1.01. The van der Waals surface area contributed by atoms with Gasteiger partial charge in [-0.15, -0.1) is 11.3 Å². The number of thiophene rings is 1. The fraction of sp³-hybridized carbons (Fsp3) is 0.139. The molecule has 0 N–H and O–H groups in total. The maximum atomic E-state index is 11.7. The Morgan fingerprint density at radius 3 is 2.00 bits per heavy atom. The van der Waals surface area contributed by atoms with E-state index in [0.29, 0.717) is 36.2 Å². The molecule has 5 aromatic rings. The topological polar surface area (TPSA) is 78.9 Å². The standard InChI is InChI=1S/C36H30O6S/c1-25(39)17-32-20-30(22-43-32)29-13-8-14-31(19-29)40-21-26-15-16-33(35(41-23-37)27-9-4-2-5-10-27)34(18-26)36(42-24-38)28-11-6-3-7-12-28/h2-16,18-20,22-24,35-36H,17,21H2,1H3. The quantitative estimate of drug-likeness (QED) is 0.124. The van der Waals surface area contributed by atoms with Crippen LogP contribution in [0.3, 0.4) is 0 Å². The highest BCUT2D eigenvalue weighted by molar-refractivity contribution is 7.10. The minimum atomic E-state index is -0.735. The second-order valence-electron chi connectivity index (χ2n) is 10.0. The molecule has 0 radical (unpaired) electrons. The SMILES string of the molecule is CC(=O)Cc1cc(-c2cccc(OCc3ccc(C(OC=O)c4ccccc4)c(C(OC=O)c4ccccc4)c3)c2)cs1. The van der Waals surface area contributed by atoms with E-state index in [0.717, 1.165) is 32.7 Å². The molecule has 5 rings (SSSR count). The summed E-state index contributed by atoms with van der Waals surface area (Å²) in [6.45, 7) is 2.71. The van der Waals surface area contributed by atoms with Gasteiger partial charge in [-0.1, -0.05) is 84.9 Å². The van der Waals surface area contributed by atoms with Gasteiger partial charge in [0.25, 0.3) is 12.9 Å². The Morgan fingerprint density at radius 2 is 1.37 bits per heavy atom. The van der Waals surface area contributed by atoms with E-state index in [1.165, 1.54) is 0 Å². The van der Waals surface area contributed by atoms with Crippen molar-refractivity contribution < 1.29 is 28.6 Å².